The number of benzene rings is 1. The first kappa shape index (κ1) is 18.7. The fourth-order valence-corrected chi connectivity index (χ4v) is 2.99. The van der Waals surface area contributed by atoms with Crippen molar-refractivity contribution in [3.8, 4) is 0 Å². The Morgan fingerprint density at radius 3 is 2.40 bits per heavy atom. The molecule has 1 unspecified atom stereocenters. The van der Waals surface area contributed by atoms with Gasteiger partial charge >= 0.3 is 5.97 Å². The predicted molar refractivity (Wildman–Crippen MR) is 94.8 cm³/mol. The van der Waals surface area contributed by atoms with Gasteiger partial charge in [0.2, 0.25) is 5.54 Å². The molecule has 1 aliphatic rings. The van der Waals surface area contributed by atoms with Crippen molar-refractivity contribution in [3.05, 3.63) is 66.3 Å². The largest absolute Gasteiger partial charge is 0.479 e. The molecule has 0 saturated carbocycles. The average Bonchev–Trinajstić information content (AvgIpc) is 2.56. The lowest BCUT2D eigenvalue weighted by Gasteiger charge is -2.43. The van der Waals surface area contributed by atoms with E-state index in [0.29, 0.717) is 17.2 Å². The quantitative estimate of drug-likeness (QED) is 0.775. The second kappa shape index (κ2) is 6.37. The molecule has 1 aromatic carbocycles. The minimum Gasteiger partial charge on any atom is -0.479 e. The van der Waals surface area contributed by atoms with Crippen molar-refractivity contribution in [3.63, 3.8) is 0 Å². The third-order valence-electron chi connectivity index (χ3n) is 4.57. The molecule has 2 atom stereocenters. The Kier molecular flexibility index (Phi) is 4.77. The SMILES string of the molecule is C=N[C@@](C(=O)O)(C1=CCC(F)(F)C=C1)C(C)(N)C(=C)c1ccccc1. The van der Waals surface area contributed by atoms with E-state index in [-0.39, 0.29) is 5.57 Å². The third-order valence-corrected chi connectivity index (χ3v) is 4.57. The molecule has 1 aromatic rings. The number of carboxylic acids is 1. The van der Waals surface area contributed by atoms with Crippen LogP contribution in [0, 0.1) is 0 Å². The molecule has 132 valence electrons. The zero-order chi connectivity index (χ0) is 18.9. The summed E-state index contributed by atoms with van der Waals surface area (Å²) in [6.45, 7) is 8.80. The summed E-state index contributed by atoms with van der Waals surface area (Å²) in [5.74, 6) is -4.42. The Labute approximate surface area is 145 Å². The molecule has 2 rings (SSSR count). The number of carboxylic acid groups (broad SMARTS) is 1. The van der Waals surface area contributed by atoms with Gasteiger partial charge < -0.3 is 10.8 Å². The van der Waals surface area contributed by atoms with Crippen LogP contribution in [0.1, 0.15) is 18.9 Å². The molecule has 0 fully saturated rings. The van der Waals surface area contributed by atoms with E-state index in [1.807, 2.05) is 0 Å². The Hall–Kier alpha value is -2.60. The maximum Gasteiger partial charge on any atom is 0.338 e. The van der Waals surface area contributed by atoms with E-state index in [1.165, 1.54) is 6.92 Å². The smallest absolute Gasteiger partial charge is 0.338 e. The molecule has 0 heterocycles. The number of alkyl halides is 2. The highest BCUT2D eigenvalue weighted by Crippen LogP contribution is 2.43. The molecule has 4 nitrogen and oxygen atoms in total. The van der Waals surface area contributed by atoms with E-state index in [0.717, 1.165) is 12.2 Å². The standard InChI is InChI=1S/C19H20F2N2O2/c1-13(14-7-5-4-6-8-14)17(2,22)19(23-3,16(24)25)15-9-11-18(20,21)12-10-15/h4-11H,1,3,12,22H2,2H3,(H,24,25)/t17?,19-/m1/s1. The van der Waals surface area contributed by atoms with Crippen LogP contribution in [-0.4, -0.2) is 34.8 Å². The summed E-state index contributed by atoms with van der Waals surface area (Å²) in [6, 6.07) is 8.81. The number of halogens is 2. The minimum atomic E-state index is -3.03. The maximum atomic E-state index is 13.4. The molecule has 1 aliphatic carbocycles. The molecule has 0 amide bonds. The lowest BCUT2D eigenvalue weighted by atomic mass is 9.67. The van der Waals surface area contributed by atoms with Crippen LogP contribution < -0.4 is 5.73 Å². The molecule has 25 heavy (non-hydrogen) atoms. The highest BCUT2D eigenvalue weighted by Gasteiger charge is 2.56. The second-order valence-corrected chi connectivity index (χ2v) is 6.18. The zero-order valence-electron chi connectivity index (χ0n) is 13.9. The average molecular weight is 346 g/mol. The normalized spacial score (nSPS) is 20.7. The van der Waals surface area contributed by atoms with Crippen LogP contribution in [0.4, 0.5) is 8.78 Å². The Bertz CT molecular complexity index is 767. The third kappa shape index (κ3) is 3.05. The van der Waals surface area contributed by atoms with Crippen LogP contribution in [0.15, 0.2) is 65.7 Å². The van der Waals surface area contributed by atoms with Crippen molar-refractivity contribution in [1.29, 1.82) is 0 Å². The van der Waals surface area contributed by atoms with E-state index in [1.54, 1.807) is 30.3 Å². The van der Waals surface area contributed by atoms with Gasteiger partial charge in [0.05, 0.1) is 5.54 Å². The van der Waals surface area contributed by atoms with E-state index in [9.17, 15) is 18.7 Å². The summed E-state index contributed by atoms with van der Waals surface area (Å²) < 4.78 is 26.8. The summed E-state index contributed by atoms with van der Waals surface area (Å²) in [7, 11) is 0. The van der Waals surface area contributed by atoms with Crippen LogP contribution in [0.5, 0.6) is 0 Å². The van der Waals surface area contributed by atoms with Gasteiger partial charge in [-0.1, -0.05) is 49.1 Å². The number of carbonyl (C=O) groups is 1. The van der Waals surface area contributed by atoms with E-state index >= 15 is 0 Å². The fourth-order valence-electron chi connectivity index (χ4n) is 2.99. The summed E-state index contributed by atoms with van der Waals surface area (Å²) in [4.78, 5) is 16.0. The molecular formula is C19H20F2N2O2. The van der Waals surface area contributed by atoms with Crippen molar-refractivity contribution in [2.45, 2.75) is 30.3 Å². The van der Waals surface area contributed by atoms with Crippen LogP contribution in [0.25, 0.3) is 5.57 Å². The van der Waals surface area contributed by atoms with Crippen molar-refractivity contribution in [2.24, 2.45) is 10.7 Å². The molecule has 6 heteroatoms. The minimum absolute atomic E-state index is 0.0583. The Morgan fingerprint density at radius 2 is 1.96 bits per heavy atom. The zero-order valence-corrected chi connectivity index (χ0v) is 13.9. The number of nitrogens with two attached hydrogens (primary N) is 1. The second-order valence-electron chi connectivity index (χ2n) is 6.18. The predicted octanol–water partition coefficient (Wildman–Crippen LogP) is 3.46. The number of hydrogen-bond donors (Lipinski definition) is 2. The van der Waals surface area contributed by atoms with Gasteiger partial charge in [0.15, 0.2) is 0 Å². The summed E-state index contributed by atoms with van der Waals surface area (Å²) in [5.41, 5.74) is 3.75. The van der Waals surface area contributed by atoms with E-state index in [4.69, 9.17) is 5.73 Å². The van der Waals surface area contributed by atoms with E-state index < -0.39 is 29.4 Å². The van der Waals surface area contributed by atoms with Gasteiger partial charge in [-0.05, 0) is 36.4 Å². The molecule has 0 spiro atoms. The van der Waals surface area contributed by atoms with Crippen LogP contribution >= 0.6 is 0 Å². The summed E-state index contributed by atoms with van der Waals surface area (Å²) >= 11 is 0. The lowest BCUT2D eigenvalue weighted by Crippen LogP contribution is -2.63. The lowest BCUT2D eigenvalue weighted by molar-refractivity contribution is -0.143. The number of rotatable bonds is 6. The number of nitrogens with zero attached hydrogens (tertiary/aromatic N) is 1. The molecule has 0 aromatic heterocycles. The summed E-state index contributed by atoms with van der Waals surface area (Å²) in [5, 5.41) is 9.92. The monoisotopic (exact) mass is 346 g/mol. The Morgan fingerprint density at radius 1 is 1.36 bits per heavy atom. The van der Waals surface area contributed by atoms with Gasteiger partial charge in [0, 0.05) is 6.42 Å². The number of hydrogen-bond acceptors (Lipinski definition) is 3. The molecule has 0 saturated heterocycles. The first-order valence-electron chi connectivity index (χ1n) is 7.61. The highest BCUT2D eigenvalue weighted by atomic mass is 19.3. The van der Waals surface area contributed by atoms with Crippen molar-refractivity contribution in [2.75, 3.05) is 0 Å². The first-order valence-corrected chi connectivity index (χ1v) is 7.61. The van der Waals surface area contributed by atoms with Crippen molar-refractivity contribution < 1.29 is 18.7 Å². The first-order chi connectivity index (χ1) is 11.6. The van der Waals surface area contributed by atoms with Gasteiger partial charge in [-0.15, -0.1) is 0 Å². The van der Waals surface area contributed by atoms with Crippen molar-refractivity contribution >= 4 is 18.3 Å². The maximum absolute atomic E-state index is 13.4. The van der Waals surface area contributed by atoms with Gasteiger partial charge in [-0.3, -0.25) is 4.99 Å². The van der Waals surface area contributed by atoms with Crippen LogP contribution in [-0.2, 0) is 4.79 Å². The number of allylic oxidation sites excluding steroid dienone is 2. The number of aliphatic carboxylic acids is 1. The Balaban J connectivity index is 2.59. The van der Waals surface area contributed by atoms with Gasteiger partial charge in [0.1, 0.15) is 0 Å². The fraction of sp³-hybridized carbons (Fsp3) is 0.263. The van der Waals surface area contributed by atoms with Crippen LogP contribution in [0.3, 0.4) is 0 Å². The topological polar surface area (TPSA) is 75.7 Å². The molecule has 0 bridgehead atoms. The molecule has 0 radical (unpaired) electrons. The van der Waals surface area contributed by atoms with Gasteiger partial charge in [-0.2, -0.15) is 0 Å². The highest BCUT2D eigenvalue weighted by molar-refractivity contribution is 5.93. The van der Waals surface area contributed by atoms with Crippen LogP contribution in [0.2, 0.25) is 0 Å². The van der Waals surface area contributed by atoms with E-state index in [2.05, 4.69) is 18.3 Å². The van der Waals surface area contributed by atoms with Crippen molar-refractivity contribution in [1.82, 2.24) is 0 Å². The molecular weight excluding hydrogens is 326 g/mol. The number of aliphatic imine (C=N–C) groups is 1. The molecule has 3 N–H and O–H groups in total. The van der Waals surface area contributed by atoms with Gasteiger partial charge in [0.25, 0.3) is 5.92 Å². The van der Waals surface area contributed by atoms with Gasteiger partial charge in [-0.25, -0.2) is 13.6 Å². The molecule has 0 aliphatic heterocycles. The summed E-state index contributed by atoms with van der Waals surface area (Å²) in [6.07, 6.45) is 2.23.